The minimum absolute atomic E-state index is 0.238. The van der Waals surface area contributed by atoms with Gasteiger partial charge in [-0.15, -0.1) is 0 Å². The number of benzene rings is 2. The summed E-state index contributed by atoms with van der Waals surface area (Å²) in [6, 6.07) is 12.4. The standard InChI is InChI=1S/C14H8Cl3NO/c15-11-5-13(17)14(6-12(11)16)19-8-10-4-2-1-3-9(10)7-18/h1-6H,8H2. The van der Waals surface area contributed by atoms with Gasteiger partial charge >= 0.3 is 0 Å². The zero-order valence-corrected chi connectivity index (χ0v) is 11.9. The van der Waals surface area contributed by atoms with Gasteiger partial charge in [-0.05, 0) is 12.1 Å². The molecule has 2 rings (SSSR count). The summed E-state index contributed by atoms with van der Waals surface area (Å²) in [6.45, 7) is 0.238. The van der Waals surface area contributed by atoms with E-state index in [1.807, 2.05) is 12.1 Å². The second-order valence-electron chi connectivity index (χ2n) is 3.75. The average Bonchev–Trinajstić information content (AvgIpc) is 2.41. The fourth-order valence-electron chi connectivity index (χ4n) is 1.53. The molecule has 2 nitrogen and oxygen atoms in total. The molecule has 0 radical (unpaired) electrons. The lowest BCUT2D eigenvalue weighted by Crippen LogP contribution is -1.98. The first kappa shape index (κ1) is 14.0. The summed E-state index contributed by atoms with van der Waals surface area (Å²) in [7, 11) is 0. The Bertz CT molecular complexity index is 650. The molecule has 96 valence electrons. The van der Waals surface area contributed by atoms with Crippen molar-refractivity contribution in [3.05, 3.63) is 62.6 Å². The molecule has 0 aliphatic heterocycles. The smallest absolute Gasteiger partial charge is 0.139 e. The van der Waals surface area contributed by atoms with Gasteiger partial charge in [0.2, 0.25) is 0 Å². The second kappa shape index (κ2) is 6.16. The van der Waals surface area contributed by atoms with Gasteiger partial charge in [0.05, 0.1) is 26.7 Å². The predicted molar refractivity (Wildman–Crippen MR) is 77.0 cm³/mol. The maximum Gasteiger partial charge on any atom is 0.139 e. The van der Waals surface area contributed by atoms with Gasteiger partial charge in [0, 0.05) is 11.6 Å². The predicted octanol–water partition coefficient (Wildman–Crippen LogP) is 5.10. The minimum Gasteiger partial charge on any atom is -0.487 e. The molecule has 0 saturated heterocycles. The van der Waals surface area contributed by atoms with E-state index in [1.54, 1.807) is 18.2 Å². The largest absolute Gasteiger partial charge is 0.487 e. The van der Waals surface area contributed by atoms with E-state index in [0.717, 1.165) is 5.56 Å². The molecule has 0 aromatic heterocycles. The molecular formula is C14H8Cl3NO. The summed E-state index contributed by atoms with van der Waals surface area (Å²) < 4.78 is 5.58. The Hall–Kier alpha value is -1.40. The van der Waals surface area contributed by atoms with Gasteiger partial charge in [-0.3, -0.25) is 0 Å². The average molecular weight is 313 g/mol. The molecule has 0 bridgehead atoms. The molecule has 2 aromatic carbocycles. The highest BCUT2D eigenvalue weighted by Crippen LogP contribution is 2.34. The maximum atomic E-state index is 8.98. The van der Waals surface area contributed by atoms with Crippen LogP contribution in [0.5, 0.6) is 5.75 Å². The Morgan fingerprint density at radius 1 is 1.00 bits per heavy atom. The van der Waals surface area contributed by atoms with Gasteiger partial charge in [-0.1, -0.05) is 53.0 Å². The highest BCUT2D eigenvalue weighted by molar-refractivity contribution is 6.43. The quantitative estimate of drug-likeness (QED) is 0.739. The van der Waals surface area contributed by atoms with Crippen molar-refractivity contribution >= 4 is 34.8 Å². The lowest BCUT2D eigenvalue weighted by Gasteiger charge is -2.10. The molecule has 0 spiro atoms. The van der Waals surface area contributed by atoms with E-state index in [4.69, 9.17) is 44.8 Å². The normalized spacial score (nSPS) is 10.0. The molecule has 0 amide bonds. The van der Waals surface area contributed by atoms with Crippen molar-refractivity contribution in [3.63, 3.8) is 0 Å². The summed E-state index contributed by atoms with van der Waals surface area (Å²) in [6.07, 6.45) is 0. The van der Waals surface area contributed by atoms with E-state index in [0.29, 0.717) is 26.4 Å². The Kier molecular flexibility index (Phi) is 4.55. The summed E-state index contributed by atoms with van der Waals surface area (Å²) in [5.74, 6) is 0.434. The number of hydrogen-bond donors (Lipinski definition) is 0. The molecule has 0 heterocycles. The van der Waals surface area contributed by atoms with Crippen LogP contribution in [-0.2, 0) is 6.61 Å². The van der Waals surface area contributed by atoms with Crippen molar-refractivity contribution in [2.24, 2.45) is 0 Å². The molecule has 0 saturated carbocycles. The zero-order chi connectivity index (χ0) is 13.8. The molecule has 0 aliphatic carbocycles. The third kappa shape index (κ3) is 3.33. The highest BCUT2D eigenvalue weighted by Gasteiger charge is 2.08. The SMILES string of the molecule is N#Cc1ccccc1COc1cc(Cl)c(Cl)cc1Cl. The third-order valence-electron chi connectivity index (χ3n) is 2.50. The zero-order valence-electron chi connectivity index (χ0n) is 9.66. The number of ether oxygens (including phenoxy) is 1. The summed E-state index contributed by atoms with van der Waals surface area (Å²) in [4.78, 5) is 0. The van der Waals surface area contributed by atoms with E-state index in [-0.39, 0.29) is 6.61 Å². The van der Waals surface area contributed by atoms with Crippen LogP contribution in [0.4, 0.5) is 0 Å². The summed E-state index contributed by atoms with van der Waals surface area (Å²) in [5.41, 5.74) is 1.35. The highest BCUT2D eigenvalue weighted by atomic mass is 35.5. The van der Waals surface area contributed by atoms with Crippen molar-refractivity contribution in [2.75, 3.05) is 0 Å². The van der Waals surface area contributed by atoms with Crippen LogP contribution in [0.25, 0.3) is 0 Å². The Labute approximate surface area is 126 Å². The van der Waals surface area contributed by atoms with Crippen molar-refractivity contribution in [3.8, 4) is 11.8 Å². The minimum atomic E-state index is 0.238. The van der Waals surface area contributed by atoms with Crippen molar-refractivity contribution in [2.45, 2.75) is 6.61 Å². The lowest BCUT2D eigenvalue weighted by atomic mass is 10.1. The molecule has 0 unspecified atom stereocenters. The van der Waals surface area contributed by atoms with Gasteiger partial charge in [-0.2, -0.15) is 5.26 Å². The van der Waals surface area contributed by atoms with Gasteiger partial charge in [0.1, 0.15) is 12.4 Å². The monoisotopic (exact) mass is 311 g/mol. The van der Waals surface area contributed by atoms with Crippen LogP contribution < -0.4 is 4.74 Å². The van der Waals surface area contributed by atoms with Crippen molar-refractivity contribution in [1.29, 1.82) is 5.26 Å². The second-order valence-corrected chi connectivity index (χ2v) is 4.98. The first-order chi connectivity index (χ1) is 9.11. The number of nitriles is 1. The van der Waals surface area contributed by atoms with Crippen LogP contribution in [0.3, 0.4) is 0 Å². The molecule has 0 aliphatic rings. The lowest BCUT2D eigenvalue weighted by molar-refractivity contribution is 0.306. The molecule has 2 aromatic rings. The molecule has 0 fully saturated rings. The fourth-order valence-corrected chi connectivity index (χ4v) is 2.12. The van der Waals surface area contributed by atoms with E-state index < -0.39 is 0 Å². The number of halogens is 3. The molecule has 0 atom stereocenters. The van der Waals surface area contributed by atoms with Gasteiger partial charge in [0.25, 0.3) is 0 Å². The van der Waals surface area contributed by atoms with Crippen LogP contribution >= 0.6 is 34.8 Å². The molecule has 0 N–H and O–H groups in total. The van der Waals surface area contributed by atoms with Gasteiger partial charge < -0.3 is 4.74 Å². The topological polar surface area (TPSA) is 33.0 Å². The summed E-state index contributed by atoms with van der Waals surface area (Å²) in [5, 5.41) is 10.1. The molecule has 5 heteroatoms. The Morgan fingerprint density at radius 3 is 2.42 bits per heavy atom. The number of rotatable bonds is 3. The van der Waals surface area contributed by atoms with Crippen LogP contribution in [-0.4, -0.2) is 0 Å². The van der Waals surface area contributed by atoms with Crippen LogP contribution in [0.1, 0.15) is 11.1 Å². The van der Waals surface area contributed by atoms with Crippen LogP contribution in [0.15, 0.2) is 36.4 Å². The first-order valence-corrected chi connectivity index (χ1v) is 6.50. The Morgan fingerprint density at radius 2 is 1.68 bits per heavy atom. The number of hydrogen-bond acceptors (Lipinski definition) is 2. The summed E-state index contributed by atoms with van der Waals surface area (Å²) >= 11 is 17.7. The Balaban J connectivity index is 2.20. The van der Waals surface area contributed by atoms with Crippen LogP contribution in [0, 0.1) is 11.3 Å². The number of nitrogens with zero attached hydrogens (tertiary/aromatic N) is 1. The molecule has 19 heavy (non-hydrogen) atoms. The van der Waals surface area contributed by atoms with E-state index in [9.17, 15) is 0 Å². The first-order valence-electron chi connectivity index (χ1n) is 5.37. The van der Waals surface area contributed by atoms with E-state index in [1.165, 1.54) is 6.07 Å². The van der Waals surface area contributed by atoms with Gasteiger partial charge in [0.15, 0.2) is 0 Å². The van der Waals surface area contributed by atoms with Crippen LogP contribution in [0.2, 0.25) is 15.1 Å². The molecular weight excluding hydrogens is 305 g/mol. The van der Waals surface area contributed by atoms with E-state index >= 15 is 0 Å². The van der Waals surface area contributed by atoms with Crippen molar-refractivity contribution in [1.82, 2.24) is 0 Å². The fraction of sp³-hybridized carbons (Fsp3) is 0.0714. The van der Waals surface area contributed by atoms with Crippen molar-refractivity contribution < 1.29 is 4.74 Å². The third-order valence-corrected chi connectivity index (χ3v) is 3.51. The maximum absolute atomic E-state index is 8.98. The van der Waals surface area contributed by atoms with Gasteiger partial charge in [-0.25, -0.2) is 0 Å². The van der Waals surface area contributed by atoms with E-state index in [2.05, 4.69) is 6.07 Å².